The summed E-state index contributed by atoms with van der Waals surface area (Å²) in [5.74, 6) is 0. The third kappa shape index (κ3) is 719. The van der Waals surface area contributed by atoms with Crippen molar-refractivity contribution in [3.8, 4) is 0 Å². The van der Waals surface area contributed by atoms with E-state index < -0.39 is 49.2 Å². The van der Waals surface area contributed by atoms with E-state index in [1.807, 2.05) is 6.79 Å². The highest BCUT2D eigenvalue weighted by molar-refractivity contribution is 5.55. The Labute approximate surface area is 215 Å². The second kappa shape index (κ2) is 105. The molecule has 31 nitrogen and oxygen atoms in total. The average Bonchev–Trinajstić information content (AvgIpc) is 2.43. The zero-order valence-electron chi connectivity index (χ0n) is 18.5. The Morgan fingerprint density at radius 2 is 0.225 bits per heavy atom. The lowest BCUT2D eigenvalue weighted by Gasteiger charge is -1.60. The van der Waals surface area contributed by atoms with Gasteiger partial charge in [-0.25, -0.2) is 38.4 Å². The van der Waals surface area contributed by atoms with Gasteiger partial charge in [-0.2, -0.15) is 0 Å². The predicted molar refractivity (Wildman–Crippen MR) is 114 cm³/mol. The molecule has 28 N–H and O–H groups in total. The first kappa shape index (κ1) is 103. The van der Waals surface area contributed by atoms with Crippen LogP contribution in [0.3, 0.4) is 0 Å². The standard InChI is InChI=1S/8CH2O3.CH2O.6H2O/c8*2-1(3)4;1-2;;;;;;/h8*(H2,2,3,4);1H2;6*1H2. The fraction of sp³-hybridized carbons (Fsp3) is 0. The lowest BCUT2D eigenvalue weighted by molar-refractivity contribution is -0.0980. The summed E-state index contributed by atoms with van der Waals surface area (Å²) in [5.41, 5.74) is 0. The van der Waals surface area contributed by atoms with Crippen LogP contribution < -0.4 is 0 Å². The van der Waals surface area contributed by atoms with E-state index in [-0.39, 0.29) is 32.9 Å². The van der Waals surface area contributed by atoms with E-state index in [0.717, 1.165) is 0 Å². The van der Waals surface area contributed by atoms with Gasteiger partial charge in [-0.1, -0.05) is 0 Å². The molecule has 0 aliphatic rings. The number of rotatable bonds is 0. The first-order valence-corrected chi connectivity index (χ1v) is 5.50. The highest BCUT2D eigenvalue weighted by Crippen LogP contribution is 1.45. The maximum Gasteiger partial charge on any atom is 0.503 e. The van der Waals surface area contributed by atoms with Gasteiger partial charge in [-0.15, -0.1) is 0 Å². The fourth-order valence-corrected chi connectivity index (χ4v) is 0. The van der Waals surface area contributed by atoms with Crippen LogP contribution in [0.5, 0.6) is 0 Å². The van der Waals surface area contributed by atoms with Crippen LogP contribution in [-0.4, -0.2) is 171 Å². The van der Waals surface area contributed by atoms with Gasteiger partial charge in [0.15, 0.2) is 0 Å². The van der Waals surface area contributed by atoms with Gasteiger partial charge in [0.2, 0.25) is 0 Å². The molecule has 0 unspecified atom stereocenters. The van der Waals surface area contributed by atoms with Crippen LogP contribution in [0.15, 0.2) is 0 Å². The molecular weight excluding hydrogens is 604 g/mol. The second-order valence-corrected chi connectivity index (χ2v) is 2.26. The van der Waals surface area contributed by atoms with Crippen LogP contribution >= 0.6 is 0 Å². The van der Waals surface area contributed by atoms with E-state index in [2.05, 4.69) is 0 Å². The SMILES string of the molecule is C=O.O.O.O.O.O.O.O=C(O)O.O=C(O)O.O=C(O)O.O=C(O)O.O=C(O)O.O=C(O)O.O=C(O)O.O=C(O)O. The Morgan fingerprint density at radius 1 is 0.225 bits per heavy atom. The summed E-state index contributed by atoms with van der Waals surface area (Å²) < 4.78 is 0. The zero-order valence-corrected chi connectivity index (χ0v) is 18.5. The summed E-state index contributed by atoms with van der Waals surface area (Å²) in [6.45, 7) is 2.00. The Morgan fingerprint density at radius 3 is 0.225 bits per heavy atom. The van der Waals surface area contributed by atoms with Gasteiger partial charge in [0.1, 0.15) is 6.79 Å². The van der Waals surface area contributed by atoms with Crippen molar-refractivity contribution in [2.75, 3.05) is 0 Å². The van der Waals surface area contributed by atoms with Crippen molar-refractivity contribution in [2.45, 2.75) is 0 Å². The number of hydrogen-bond donors (Lipinski definition) is 16. The Kier molecular flexibility index (Phi) is 271. The number of carbonyl (C=O) groups excluding carboxylic acids is 1. The quantitative estimate of drug-likeness (QED) is 0.124. The van der Waals surface area contributed by atoms with Gasteiger partial charge in [0.25, 0.3) is 0 Å². The Bertz CT molecular complexity index is 373. The molecular formula is C9H30O31. The van der Waals surface area contributed by atoms with Crippen molar-refractivity contribution >= 4 is 56.0 Å². The van der Waals surface area contributed by atoms with Gasteiger partial charge >= 0.3 is 49.2 Å². The van der Waals surface area contributed by atoms with Crippen molar-refractivity contribution in [3.05, 3.63) is 0 Å². The molecule has 0 saturated heterocycles. The van der Waals surface area contributed by atoms with Crippen LogP contribution in [0.2, 0.25) is 0 Å². The molecule has 0 aromatic heterocycles. The largest absolute Gasteiger partial charge is 0.503 e. The van der Waals surface area contributed by atoms with Crippen molar-refractivity contribution in [1.82, 2.24) is 0 Å². The molecule has 0 radical (unpaired) electrons. The van der Waals surface area contributed by atoms with Crippen LogP contribution in [0, 0.1) is 0 Å². The van der Waals surface area contributed by atoms with Crippen LogP contribution in [0.1, 0.15) is 0 Å². The van der Waals surface area contributed by atoms with Gasteiger partial charge < -0.3 is 119 Å². The first-order valence-electron chi connectivity index (χ1n) is 5.50. The van der Waals surface area contributed by atoms with Gasteiger partial charge in [-0.3, -0.25) is 0 Å². The summed E-state index contributed by atoms with van der Waals surface area (Å²) in [6, 6.07) is 0. The third-order valence-corrected chi connectivity index (χ3v) is 0. The lowest BCUT2D eigenvalue weighted by Crippen LogP contribution is -1.81. The van der Waals surface area contributed by atoms with E-state index in [9.17, 15) is 0 Å². The molecule has 0 bridgehead atoms. The topological polar surface area (TPSA) is 666 Å². The predicted octanol–water partition coefficient (Wildman–Crippen LogP) is -3.35. The normalized spacial score (nSPS) is 4.90. The van der Waals surface area contributed by atoms with Crippen molar-refractivity contribution in [1.29, 1.82) is 0 Å². The Balaban J connectivity index is -0.0000000133. The van der Waals surface area contributed by atoms with Crippen LogP contribution in [0.25, 0.3) is 0 Å². The first-order chi connectivity index (χ1) is 14.9. The minimum absolute atomic E-state index is 0. The molecule has 31 heteroatoms. The van der Waals surface area contributed by atoms with Crippen molar-refractivity contribution < 1.29 is 158 Å². The molecule has 0 saturated carbocycles. The highest BCUT2D eigenvalue weighted by Gasteiger charge is 1.72. The smallest absolute Gasteiger partial charge is 0.450 e. The van der Waals surface area contributed by atoms with Crippen molar-refractivity contribution in [3.63, 3.8) is 0 Å². The molecule has 0 aromatic rings. The monoisotopic (exact) mass is 634 g/mol. The van der Waals surface area contributed by atoms with E-state index in [0.29, 0.717) is 0 Å². The maximum atomic E-state index is 8.56. The molecule has 0 atom stereocenters. The molecule has 0 aliphatic carbocycles. The molecule has 0 amide bonds. The van der Waals surface area contributed by atoms with Crippen molar-refractivity contribution in [2.24, 2.45) is 0 Å². The molecule has 0 fully saturated rings. The summed E-state index contributed by atoms with van der Waals surface area (Å²) in [6.07, 6.45) is -14.7. The summed E-state index contributed by atoms with van der Waals surface area (Å²) in [7, 11) is 0. The number of carbonyl (C=O) groups is 9. The molecule has 40 heavy (non-hydrogen) atoms. The van der Waals surface area contributed by atoms with Gasteiger partial charge in [-0.05, 0) is 0 Å². The zero-order chi connectivity index (χ0) is 30.6. The van der Waals surface area contributed by atoms with E-state index in [1.165, 1.54) is 0 Å². The van der Waals surface area contributed by atoms with Gasteiger partial charge in [0, 0.05) is 0 Å². The van der Waals surface area contributed by atoms with Gasteiger partial charge in [0.05, 0.1) is 0 Å². The van der Waals surface area contributed by atoms with E-state index >= 15 is 0 Å². The second-order valence-electron chi connectivity index (χ2n) is 2.26. The number of hydrogen-bond acceptors (Lipinski definition) is 9. The summed E-state index contributed by atoms with van der Waals surface area (Å²) in [5, 5.41) is 112. The Hall–Kier alpha value is -6.41. The molecule has 0 heterocycles. The minimum atomic E-state index is -1.83. The molecule has 0 aromatic carbocycles. The average molecular weight is 634 g/mol. The van der Waals surface area contributed by atoms with E-state index in [1.54, 1.807) is 0 Å². The molecule has 0 rings (SSSR count). The summed E-state index contributed by atoms with van der Waals surface area (Å²) in [4.78, 5) is 76.4. The molecule has 252 valence electrons. The highest BCUT2D eigenvalue weighted by atomic mass is 16.6. The molecule has 0 spiro atoms. The minimum Gasteiger partial charge on any atom is -0.450 e. The number of carboxylic acid groups (broad SMARTS) is 16. The van der Waals surface area contributed by atoms with Crippen LogP contribution in [0.4, 0.5) is 38.4 Å². The maximum absolute atomic E-state index is 8.56. The summed E-state index contributed by atoms with van der Waals surface area (Å²) >= 11 is 0. The fourth-order valence-electron chi connectivity index (χ4n) is 0. The van der Waals surface area contributed by atoms with Crippen LogP contribution in [-0.2, 0) is 4.79 Å². The lowest BCUT2D eigenvalue weighted by atomic mass is 11.5. The molecule has 0 aliphatic heterocycles. The third-order valence-electron chi connectivity index (χ3n) is 0. The van der Waals surface area contributed by atoms with E-state index in [4.69, 9.17) is 125 Å².